The molecule has 0 unspecified atom stereocenters. The Labute approximate surface area is 143 Å². The highest BCUT2D eigenvalue weighted by Crippen LogP contribution is 2.22. The van der Waals surface area contributed by atoms with E-state index in [0.29, 0.717) is 22.5 Å². The normalized spacial score (nSPS) is 10.4. The Morgan fingerprint density at radius 2 is 1.88 bits per heavy atom. The van der Waals surface area contributed by atoms with Crippen molar-refractivity contribution in [2.45, 2.75) is 6.92 Å². The molecule has 3 aromatic rings. The standard InChI is InChI=1S/C19H16N2O4/c1-12(22)14-5-2-6-15(10-14)20-18(24)11-25-16-7-3-4-13-8-9-17(23)21-19(13)16/h2-10H,11H2,1H3,(H,20,24)(H,21,23). The first-order chi connectivity index (χ1) is 12.0. The summed E-state index contributed by atoms with van der Waals surface area (Å²) in [5, 5.41) is 3.49. The van der Waals surface area contributed by atoms with Gasteiger partial charge in [0.2, 0.25) is 5.56 Å². The number of fused-ring (bicyclic) bond motifs is 1. The van der Waals surface area contributed by atoms with Crippen molar-refractivity contribution in [1.82, 2.24) is 4.98 Å². The number of ether oxygens (including phenoxy) is 1. The number of aromatic amines is 1. The molecule has 1 heterocycles. The summed E-state index contributed by atoms with van der Waals surface area (Å²) in [4.78, 5) is 37.6. The molecule has 0 aliphatic carbocycles. The van der Waals surface area contributed by atoms with Crippen LogP contribution < -0.4 is 15.6 Å². The van der Waals surface area contributed by atoms with Crippen molar-refractivity contribution in [3.8, 4) is 5.75 Å². The predicted octanol–water partition coefficient (Wildman–Crippen LogP) is 2.75. The van der Waals surface area contributed by atoms with E-state index in [1.807, 2.05) is 6.07 Å². The van der Waals surface area contributed by atoms with Crippen LogP contribution in [0.5, 0.6) is 5.75 Å². The van der Waals surface area contributed by atoms with E-state index in [1.165, 1.54) is 13.0 Å². The van der Waals surface area contributed by atoms with Gasteiger partial charge in [-0.1, -0.05) is 24.3 Å². The summed E-state index contributed by atoms with van der Waals surface area (Å²) < 4.78 is 5.54. The molecule has 126 valence electrons. The van der Waals surface area contributed by atoms with Crippen LogP contribution in [0.4, 0.5) is 5.69 Å². The fourth-order valence-corrected chi connectivity index (χ4v) is 2.43. The molecular formula is C19H16N2O4. The van der Waals surface area contributed by atoms with Gasteiger partial charge in [0, 0.05) is 22.7 Å². The third-order valence-corrected chi connectivity index (χ3v) is 3.63. The van der Waals surface area contributed by atoms with Gasteiger partial charge in [-0.3, -0.25) is 14.4 Å². The van der Waals surface area contributed by atoms with Crippen LogP contribution in [0.1, 0.15) is 17.3 Å². The van der Waals surface area contributed by atoms with Gasteiger partial charge in [-0.15, -0.1) is 0 Å². The topological polar surface area (TPSA) is 88.3 Å². The Morgan fingerprint density at radius 3 is 2.68 bits per heavy atom. The third-order valence-electron chi connectivity index (χ3n) is 3.63. The highest BCUT2D eigenvalue weighted by Gasteiger charge is 2.08. The lowest BCUT2D eigenvalue weighted by Crippen LogP contribution is -2.20. The number of carbonyl (C=O) groups excluding carboxylic acids is 2. The fourth-order valence-electron chi connectivity index (χ4n) is 2.43. The van der Waals surface area contributed by atoms with Gasteiger partial charge in [-0.05, 0) is 31.2 Å². The number of hydrogen-bond donors (Lipinski definition) is 2. The van der Waals surface area contributed by atoms with E-state index in [4.69, 9.17) is 4.74 Å². The van der Waals surface area contributed by atoms with Crippen molar-refractivity contribution in [2.75, 3.05) is 11.9 Å². The van der Waals surface area contributed by atoms with Crippen molar-refractivity contribution in [2.24, 2.45) is 0 Å². The number of H-pyrrole nitrogens is 1. The van der Waals surface area contributed by atoms with Gasteiger partial charge in [-0.2, -0.15) is 0 Å². The summed E-state index contributed by atoms with van der Waals surface area (Å²) in [6.45, 7) is 1.24. The molecule has 0 saturated carbocycles. The first-order valence-corrected chi connectivity index (χ1v) is 7.68. The van der Waals surface area contributed by atoms with Crippen LogP contribution in [0, 0.1) is 0 Å². The average Bonchev–Trinajstić information content (AvgIpc) is 2.60. The lowest BCUT2D eigenvalue weighted by molar-refractivity contribution is -0.118. The number of Topliss-reactive ketones (excluding diaryl/α,β-unsaturated/α-hetero) is 1. The molecule has 0 spiro atoms. The summed E-state index contributed by atoms with van der Waals surface area (Å²) >= 11 is 0. The summed E-state index contributed by atoms with van der Waals surface area (Å²) in [6.07, 6.45) is 0. The number of ketones is 1. The van der Waals surface area contributed by atoms with Gasteiger partial charge in [-0.25, -0.2) is 0 Å². The molecule has 1 aromatic heterocycles. The Bertz CT molecular complexity index is 1010. The minimum atomic E-state index is -0.365. The highest BCUT2D eigenvalue weighted by atomic mass is 16.5. The lowest BCUT2D eigenvalue weighted by Gasteiger charge is -2.10. The monoisotopic (exact) mass is 336 g/mol. The number of benzene rings is 2. The number of amides is 1. The van der Waals surface area contributed by atoms with E-state index in [-0.39, 0.29) is 23.9 Å². The van der Waals surface area contributed by atoms with Gasteiger partial charge < -0.3 is 15.0 Å². The van der Waals surface area contributed by atoms with Crippen LogP contribution >= 0.6 is 0 Å². The molecule has 0 aliphatic rings. The summed E-state index contributed by atoms with van der Waals surface area (Å²) in [5.74, 6) is -0.0223. The van der Waals surface area contributed by atoms with E-state index in [1.54, 1.807) is 42.5 Å². The molecule has 1 amide bonds. The quantitative estimate of drug-likeness (QED) is 0.701. The van der Waals surface area contributed by atoms with Crippen LogP contribution in [-0.2, 0) is 4.79 Å². The summed E-state index contributed by atoms with van der Waals surface area (Å²) in [7, 11) is 0. The maximum absolute atomic E-state index is 12.1. The number of nitrogens with one attached hydrogen (secondary N) is 2. The van der Waals surface area contributed by atoms with E-state index in [9.17, 15) is 14.4 Å². The summed E-state index contributed by atoms with van der Waals surface area (Å²) in [5.41, 5.74) is 1.34. The SMILES string of the molecule is CC(=O)c1cccc(NC(=O)COc2cccc3ccc(=O)[nH]c23)c1. The molecule has 0 aliphatic heterocycles. The fraction of sp³-hybridized carbons (Fsp3) is 0.105. The number of hydrogen-bond acceptors (Lipinski definition) is 4. The molecule has 0 fully saturated rings. The van der Waals surface area contributed by atoms with Crippen molar-refractivity contribution in [3.05, 3.63) is 70.5 Å². The van der Waals surface area contributed by atoms with Crippen molar-refractivity contribution in [3.63, 3.8) is 0 Å². The molecule has 2 aromatic carbocycles. The van der Waals surface area contributed by atoms with Gasteiger partial charge in [0.1, 0.15) is 5.75 Å². The Morgan fingerprint density at radius 1 is 1.08 bits per heavy atom. The third kappa shape index (κ3) is 3.92. The molecule has 0 saturated heterocycles. The van der Waals surface area contributed by atoms with Crippen LogP contribution in [-0.4, -0.2) is 23.3 Å². The van der Waals surface area contributed by atoms with Gasteiger partial charge in [0.15, 0.2) is 12.4 Å². The van der Waals surface area contributed by atoms with Crippen molar-refractivity contribution >= 4 is 28.3 Å². The number of pyridine rings is 1. The molecule has 6 nitrogen and oxygen atoms in total. The molecule has 0 atom stereocenters. The average molecular weight is 336 g/mol. The maximum Gasteiger partial charge on any atom is 0.262 e. The Hall–Kier alpha value is -3.41. The second kappa shape index (κ2) is 7.00. The van der Waals surface area contributed by atoms with Crippen LogP contribution in [0.25, 0.3) is 10.9 Å². The second-order valence-electron chi connectivity index (χ2n) is 5.52. The first kappa shape index (κ1) is 16.4. The zero-order chi connectivity index (χ0) is 17.8. The molecule has 25 heavy (non-hydrogen) atoms. The van der Waals surface area contributed by atoms with Crippen LogP contribution in [0.2, 0.25) is 0 Å². The number of para-hydroxylation sites is 1. The lowest BCUT2D eigenvalue weighted by atomic mass is 10.1. The highest BCUT2D eigenvalue weighted by molar-refractivity contribution is 5.97. The van der Waals surface area contributed by atoms with Crippen molar-refractivity contribution in [1.29, 1.82) is 0 Å². The zero-order valence-corrected chi connectivity index (χ0v) is 13.5. The largest absolute Gasteiger partial charge is 0.482 e. The molecule has 3 rings (SSSR count). The van der Waals surface area contributed by atoms with E-state index >= 15 is 0 Å². The minimum absolute atomic E-state index is 0.0768. The number of carbonyl (C=O) groups is 2. The number of aromatic nitrogens is 1. The van der Waals surface area contributed by atoms with Gasteiger partial charge in [0.25, 0.3) is 5.91 Å². The predicted molar refractivity (Wildman–Crippen MR) is 95.1 cm³/mol. The van der Waals surface area contributed by atoms with E-state index in [0.717, 1.165) is 5.39 Å². The van der Waals surface area contributed by atoms with Gasteiger partial charge >= 0.3 is 0 Å². The first-order valence-electron chi connectivity index (χ1n) is 7.68. The summed E-state index contributed by atoms with van der Waals surface area (Å²) in [6, 6.07) is 15.1. The van der Waals surface area contributed by atoms with Gasteiger partial charge in [0.05, 0.1) is 5.52 Å². The number of rotatable bonds is 5. The molecule has 0 radical (unpaired) electrons. The zero-order valence-electron chi connectivity index (χ0n) is 13.5. The molecule has 6 heteroatoms. The Balaban J connectivity index is 1.71. The molecular weight excluding hydrogens is 320 g/mol. The van der Waals surface area contributed by atoms with E-state index in [2.05, 4.69) is 10.3 Å². The smallest absolute Gasteiger partial charge is 0.262 e. The number of anilines is 1. The van der Waals surface area contributed by atoms with Crippen LogP contribution in [0.15, 0.2) is 59.4 Å². The molecule has 2 N–H and O–H groups in total. The molecule has 0 bridgehead atoms. The van der Waals surface area contributed by atoms with Crippen molar-refractivity contribution < 1.29 is 14.3 Å². The minimum Gasteiger partial charge on any atom is -0.482 e. The second-order valence-corrected chi connectivity index (χ2v) is 5.52. The Kier molecular flexibility index (Phi) is 4.61. The maximum atomic E-state index is 12.1. The van der Waals surface area contributed by atoms with E-state index < -0.39 is 0 Å². The van der Waals surface area contributed by atoms with Crippen LogP contribution in [0.3, 0.4) is 0 Å².